The van der Waals surface area contributed by atoms with Gasteiger partial charge in [0.1, 0.15) is 23.4 Å². The number of hydrogen-bond acceptors (Lipinski definition) is 9. The van der Waals surface area contributed by atoms with Gasteiger partial charge in [-0.25, -0.2) is 0 Å². The van der Waals surface area contributed by atoms with Gasteiger partial charge < -0.3 is 35.3 Å². The monoisotopic (exact) mass is 608 g/mol. The van der Waals surface area contributed by atoms with Crippen LogP contribution in [0, 0.1) is 0 Å². The number of aliphatic hydroxyl groups excluding tert-OH is 1. The van der Waals surface area contributed by atoms with Crippen molar-refractivity contribution >= 4 is 17.6 Å². The Hall–Kier alpha value is -3.77. The fraction of sp³-hybridized carbons (Fsp3) is 0.485. The number of rotatable bonds is 16. The zero-order chi connectivity index (χ0) is 31.7. The topological polar surface area (TPSA) is 142 Å². The van der Waals surface area contributed by atoms with Gasteiger partial charge in [-0.3, -0.25) is 19.3 Å². The molecule has 2 aliphatic rings. The van der Waals surface area contributed by atoms with E-state index in [4.69, 9.17) is 14.2 Å². The van der Waals surface area contributed by atoms with Crippen LogP contribution >= 0.6 is 0 Å². The Bertz CT molecular complexity index is 1270. The van der Waals surface area contributed by atoms with Crippen molar-refractivity contribution in [2.24, 2.45) is 0 Å². The van der Waals surface area contributed by atoms with Crippen LogP contribution in [0.2, 0.25) is 0 Å². The van der Waals surface area contributed by atoms with Crippen molar-refractivity contribution in [3.8, 4) is 5.75 Å². The van der Waals surface area contributed by atoms with Crippen LogP contribution in [-0.2, 0) is 36.7 Å². The summed E-state index contributed by atoms with van der Waals surface area (Å²) in [6, 6.07) is 13.6. The van der Waals surface area contributed by atoms with Crippen LogP contribution in [0.15, 0.2) is 66.9 Å². The summed E-state index contributed by atoms with van der Waals surface area (Å²) in [7, 11) is 1.57. The molecule has 4 N–H and O–H groups in total. The van der Waals surface area contributed by atoms with Crippen LogP contribution in [0.1, 0.15) is 25.0 Å². The van der Waals surface area contributed by atoms with E-state index in [1.807, 2.05) is 42.5 Å². The first-order chi connectivity index (χ1) is 21.1. The van der Waals surface area contributed by atoms with Crippen LogP contribution in [0.4, 0.5) is 0 Å². The normalized spacial score (nSPS) is 20.8. The molecule has 2 amide bonds. The van der Waals surface area contributed by atoms with Crippen LogP contribution in [-0.4, -0.2) is 104 Å². The highest BCUT2D eigenvalue weighted by Crippen LogP contribution is 2.29. The Morgan fingerprint density at radius 2 is 1.55 bits per heavy atom. The van der Waals surface area contributed by atoms with Crippen molar-refractivity contribution < 1.29 is 33.7 Å². The summed E-state index contributed by atoms with van der Waals surface area (Å²) < 4.78 is 16.1. The van der Waals surface area contributed by atoms with E-state index in [-0.39, 0.29) is 25.2 Å². The van der Waals surface area contributed by atoms with Gasteiger partial charge in [0.15, 0.2) is 5.78 Å². The minimum absolute atomic E-state index is 0.142. The summed E-state index contributed by atoms with van der Waals surface area (Å²) in [4.78, 5) is 43.0. The van der Waals surface area contributed by atoms with E-state index in [1.54, 1.807) is 26.2 Å². The number of benzene rings is 2. The number of nitrogens with one attached hydrogen (secondary N) is 3. The third-order valence-corrected chi connectivity index (χ3v) is 7.89. The number of hydrogen-bond donors (Lipinski definition) is 4. The van der Waals surface area contributed by atoms with Crippen molar-refractivity contribution in [3.63, 3.8) is 0 Å². The molecule has 2 aromatic carbocycles. The van der Waals surface area contributed by atoms with Crippen LogP contribution in [0.5, 0.6) is 5.75 Å². The zero-order valence-electron chi connectivity index (χ0n) is 25.7. The summed E-state index contributed by atoms with van der Waals surface area (Å²) in [6.45, 7) is 10.8. The highest BCUT2D eigenvalue weighted by Gasteiger charge is 2.50. The lowest BCUT2D eigenvalue weighted by Gasteiger charge is -2.30. The van der Waals surface area contributed by atoms with E-state index in [1.165, 1.54) is 6.92 Å². The predicted octanol–water partition coefficient (Wildman–Crippen LogP) is 0.993. The summed E-state index contributed by atoms with van der Waals surface area (Å²) >= 11 is 0. The fourth-order valence-electron chi connectivity index (χ4n) is 5.12. The molecule has 0 radical (unpaired) electrons. The lowest BCUT2D eigenvalue weighted by molar-refractivity contribution is -0.134. The van der Waals surface area contributed by atoms with Crippen molar-refractivity contribution in [2.75, 3.05) is 46.6 Å². The fourth-order valence-corrected chi connectivity index (χ4v) is 5.12. The highest BCUT2D eigenvalue weighted by atomic mass is 16.6. The molecule has 2 aliphatic heterocycles. The van der Waals surface area contributed by atoms with E-state index in [0.29, 0.717) is 31.2 Å². The molecule has 0 spiro atoms. The van der Waals surface area contributed by atoms with Crippen LogP contribution < -0.4 is 20.7 Å². The molecule has 11 heteroatoms. The smallest absolute Gasteiger partial charge is 0.245 e. The van der Waals surface area contributed by atoms with E-state index < -0.39 is 41.6 Å². The largest absolute Gasteiger partial charge is 0.497 e. The first-order valence-electron chi connectivity index (χ1n) is 15.0. The molecule has 0 saturated carbocycles. The lowest BCUT2D eigenvalue weighted by Crippen LogP contribution is -2.59. The summed E-state index contributed by atoms with van der Waals surface area (Å²) in [5.41, 5.74) is 1.26. The number of morpholine rings is 1. The second kappa shape index (κ2) is 15.3. The van der Waals surface area contributed by atoms with Gasteiger partial charge in [0.25, 0.3) is 0 Å². The van der Waals surface area contributed by atoms with Gasteiger partial charge in [-0.2, -0.15) is 0 Å². The van der Waals surface area contributed by atoms with Gasteiger partial charge in [-0.05, 0) is 43.5 Å². The number of nitrogens with zero attached hydrogens (tertiary/aromatic N) is 1. The van der Waals surface area contributed by atoms with Crippen molar-refractivity contribution in [1.29, 1.82) is 0 Å². The number of ketones is 1. The van der Waals surface area contributed by atoms with Crippen LogP contribution in [0.3, 0.4) is 0 Å². The number of carbonyl (C=O) groups excluding carboxylic acids is 3. The Balaban J connectivity index is 1.51. The Morgan fingerprint density at radius 1 is 0.955 bits per heavy atom. The van der Waals surface area contributed by atoms with Gasteiger partial charge in [-0.15, -0.1) is 0 Å². The number of epoxide rings is 1. The van der Waals surface area contributed by atoms with Crippen LogP contribution in [0.25, 0.3) is 0 Å². The van der Waals surface area contributed by atoms with E-state index >= 15 is 0 Å². The summed E-state index contributed by atoms with van der Waals surface area (Å²) in [5.74, 6) is -0.668. The van der Waals surface area contributed by atoms with E-state index in [9.17, 15) is 19.5 Å². The maximum Gasteiger partial charge on any atom is 0.245 e. The highest BCUT2D eigenvalue weighted by molar-refractivity contribution is 5.98. The second-order valence-electron chi connectivity index (χ2n) is 11.6. The molecule has 0 bridgehead atoms. The zero-order valence-corrected chi connectivity index (χ0v) is 25.7. The second-order valence-corrected chi connectivity index (χ2v) is 11.6. The minimum Gasteiger partial charge on any atom is -0.497 e. The lowest BCUT2D eigenvalue weighted by atomic mass is 9.94. The molecule has 238 valence electrons. The maximum absolute atomic E-state index is 13.9. The third kappa shape index (κ3) is 9.36. The molecule has 0 unspecified atom stereocenters. The predicted molar refractivity (Wildman–Crippen MR) is 165 cm³/mol. The van der Waals surface area contributed by atoms with E-state index in [2.05, 4.69) is 27.4 Å². The molecule has 2 fully saturated rings. The minimum atomic E-state index is -1.08. The quantitative estimate of drug-likeness (QED) is 0.205. The molecule has 11 nitrogen and oxygen atoms in total. The number of Topliss-reactive ketones (excluding diaryl/α,β-unsaturated/α-hetero) is 1. The molecule has 44 heavy (non-hydrogen) atoms. The molecular weight excluding hydrogens is 564 g/mol. The van der Waals surface area contributed by atoms with Crippen molar-refractivity contribution in [1.82, 2.24) is 20.9 Å². The first kappa shape index (κ1) is 33.1. The van der Waals surface area contributed by atoms with Gasteiger partial charge in [0, 0.05) is 31.8 Å². The van der Waals surface area contributed by atoms with Crippen molar-refractivity contribution in [3.05, 3.63) is 78.0 Å². The number of carbonyl (C=O) groups is 3. The van der Waals surface area contributed by atoms with Crippen molar-refractivity contribution in [2.45, 2.75) is 56.5 Å². The SMILES string of the molecule is C=C(CN1CCOCC1)N[C@H](C(=O)N[C@@H](Cc1ccc(OC)cc1)C(=O)N[C@@H](Cc1ccccc1)C(=O)[C@]1(C)CO1)[C@H](C)O. The first-order valence-corrected chi connectivity index (χ1v) is 15.0. The molecule has 0 aromatic heterocycles. The Labute approximate surface area is 258 Å². The molecular formula is C33H44N4O7. The average molecular weight is 609 g/mol. The van der Waals surface area contributed by atoms with Gasteiger partial charge in [0.05, 0.1) is 39.1 Å². The molecule has 2 saturated heterocycles. The standard InChI is InChI=1S/C33H44N4O7/c1-22(20-37-14-16-43-17-15-37)34-29(23(2)38)32(41)36-28(19-25-10-12-26(42-4)13-11-25)31(40)35-27(30(39)33(3)21-44-33)18-24-8-6-5-7-9-24/h5-13,23,27-29,34,38H,1,14-21H2,2-4H3,(H,35,40)(H,36,41)/t23-,27-,28-,29-,33-/m0/s1. The number of aliphatic hydroxyl groups is 1. The van der Waals surface area contributed by atoms with Gasteiger partial charge in [0.2, 0.25) is 11.8 Å². The molecule has 2 aromatic rings. The van der Waals surface area contributed by atoms with Gasteiger partial charge in [-0.1, -0.05) is 49.0 Å². The molecule has 2 heterocycles. The van der Waals surface area contributed by atoms with Gasteiger partial charge >= 0.3 is 0 Å². The Kier molecular flexibility index (Phi) is 11.5. The molecule has 5 atom stereocenters. The summed E-state index contributed by atoms with van der Waals surface area (Å²) in [6.07, 6.45) is -0.671. The van der Waals surface area contributed by atoms with E-state index in [0.717, 1.165) is 24.2 Å². The summed E-state index contributed by atoms with van der Waals surface area (Å²) in [5, 5.41) is 19.3. The molecule has 0 aliphatic carbocycles. The number of amides is 2. The maximum atomic E-state index is 13.9. The Morgan fingerprint density at radius 3 is 2.14 bits per heavy atom. The number of ether oxygens (including phenoxy) is 3. The average Bonchev–Trinajstić information content (AvgIpc) is 3.78. The third-order valence-electron chi connectivity index (χ3n) is 7.89. The molecule has 4 rings (SSSR count). The number of methoxy groups -OCH3 is 1.